The predicted octanol–water partition coefficient (Wildman–Crippen LogP) is 4.04. The van der Waals surface area contributed by atoms with Crippen LogP contribution in [0.25, 0.3) is 0 Å². The van der Waals surface area contributed by atoms with Crippen LogP contribution in [0.1, 0.15) is 65.7 Å². The lowest BCUT2D eigenvalue weighted by atomic mass is 9.93. The Bertz CT molecular complexity index is 356. The first-order valence-corrected chi connectivity index (χ1v) is 7.89. The molecule has 0 radical (unpaired) electrons. The molecular weight excluding hydrogens is 268 g/mol. The Morgan fingerprint density at radius 2 is 1.38 bits per heavy atom. The first-order chi connectivity index (χ1) is 9.99. The molecule has 0 saturated heterocycles. The van der Waals surface area contributed by atoms with Crippen LogP contribution in [-0.2, 0) is 19.1 Å². The van der Waals surface area contributed by atoms with Gasteiger partial charge in [0.25, 0.3) is 0 Å². The Morgan fingerprint density at radius 3 is 1.86 bits per heavy atom. The monoisotopic (exact) mass is 298 g/mol. The fourth-order valence-electron chi connectivity index (χ4n) is 2.37. The van der Waals surface area contributed by atoms with E-state index in [1.807, 2.05) is 13.8 Å². The Balaban J connectivity index is 4.84. The molecule has 0 aliphatic carbocycles. The molecule has 0 amide bonds. The molecule has 122 valence electrons. The van der Waals surface area contributed by atoms with Crippen LogP contribution in [-0.4, -0.2) is 26.2 Å². The van der Waals surface area contributed by atoms with Gasteiger partial charge in [-0.05, 0) is 18.8 Å². The molecular formula is C17H30O4. The van der Waals surface area contributed by atoms with Crippen molar-refractivity contribution in [3.63, 3.8) is 0 Å². The highest BCUT2D eigenvalue weighted by Crippen LogP contribution is 2.23. The van der Waals surface area contributed by atoms with Crippen LogP contribution in [0, 0.1) is 5.92 Å². The van der Waals surface area contributed by atoms with Gasteiger partial charge in [-0.2, -0.15) is 0 Å². The SMILES string of the molecule is CCCCCCCCC(C(=O)OC)=C(C(=O)OC)C(C)C. The highest BCUT2D eigenvalue weighted by atomic mass is 16.5. The molecule has 0 heterocycles. The van der Waals surface area contributed by atoms with E-state index in [2.05, 4.69) is 6.92 Å². The molecule has 0 N–H and O–H groups in total. The van der Waals surface area contributed by atoms with Gasteiger partial charge in [0.1, 0.15) is 0 Å². The number of esters is 2. The third-order valence-electron chi connectivity index (χ3n) is 3.52. The maximum Gasteiger partial charge on any atom is 0.334 e. The Kier molecular flexibility index (Phi) is 10.6. The molecule has 0 fully saturated rings. The predicted molar refractivity (Wildman–Crippen MR) is 83.9 cm³/mol. The first kappa shape index (κ1) is 19.7. The van der Waals surface area contributed by atoms with Crippen molar-refractivity contribution < 1.29 is 19.1 Å². The van der Waals surface area contributed by atoms with Gasteiger partial charge in [0, 0.05) is 5.57 Å². The van der Waals surface area contributed by atoms with Gasteiger partial charge in [0.15, 0.2) is 0 Å². The zero-order valence-electron chi connectivity index (χ0n) is 14.2. The summed E-state index contributed by atoms with van der Waals surface area (Å²) in [5.41, 5.74) is 0.910. The molecule has 0 aromatic carbocycles. The fraction of sp³-hybridized carbons (Fsp3) is 0.765. The molecule has 0 atom stereocenters. The molecule has 0 spiro atoms. The Labute approximate surface area is 128 Å². The van der Waals surface area contributed by atoms with E-state index in [1.165, 1.54) is 33.5 Å². The molecule has 0 aromatic rings. The van der Waals surface area contributed by atoms with Crippen molar-refractivity contribution in [2.45, 2.75) is 65.7 Å². The highest BCUT2D eigenvalue weighted by Gasteiger charge is 2.24. The molecule has 0 aliphatic heterocycles. The van der Waals surface area contributed by atoms with Gasteiger partial charge in [-0.3, -0.25) is 0 Å². The minimum Gasteiger partial charge on any atom is -0.466 e. The molecule has 0 bridgehead atoms. The van der Waals surface area contributed by atoms with E-state index in [9.17, 15) is 9.59 Å². The van der Waals surface area contributed by atoms with Crippen molar-refractivity contribution in [1.82, 2.24) is 0 Å². The molecule has 0 aliphatic rings. The van der Waals surface area contributed by atoms with Crippen molar-refractivity contribution >= 4 is 11.9 Å². The second-order valence-corrected chi connectivity index (χ2v) is 5.55. The molecule has 0 aromatic heterocycles. The van der Waals surface area contributed by atoms with E-state index in [4.69, 9.17) is 9.47 Å². The lowest BCUT2D eigenvalue weighted by molar-refractivity contribution is -0.139. The van der Waals surface area contributed by atoms with Crippen LogP contribution in [0.4, 0.5) is 0 Å². The van der Waals surface area contributed by atoms with Crippen molar-refractivity contribution in [3.8, 4) is 0 Å². The molecule has 21 heavy (non-hydrogen) atoms. The topological polar surface area (TPSA) is 52.6 Å². The number of ether oxygens (including phenoxy) is 2. The zero-order valence-corrected chi connectivity index (χ0v) is 14.2. The van der Waals surface area contributed by atoms with Crippen LogP contribution >= 0.6 is 0 Å². The van der Waals surface area contributed by atoms with Crippen molar-refractivity contribution in [2.75, 3.05) is 14.2 Å². The number of hydrogen-bond acceptors (Lipinski definition) is 4. The summed E-state index contributed by atoms with van der Waals surface area (Å²) in [6, 6.07) is 0. The number of unbranched alkanes of at least 4 members (excludes halogenated alkanes) is 5. The second kappa shape index (κ2) is 11.4. The number of hydrogen-bond donors (Lipinski definition) is 0. The molecule has 4 nitrogen and oxygen atoms in total. The maximum atomic E-state index is 12.0. The van der Waals surface area contributed by atoms with Crippen molar-refractivity contribution in [1.29, 1.82) is 0 Å². The van der Waals surface area contributed by atoms with Gasteiger partial charge in [0.05, 0.1) is 19.8 Å². The number of methoxy groups -OCH3 is 2. The smallest absolute Gasteiger partial charge is 0.334 e. The Morgan fingerprint density at radius 1 is 0.857 bits per heavy atom. The zero-order chi connectivity index (χ0) is 16.3. The van der Waals surface area contributed by atoms with E-state index in [1.54, 1.807) is 0 Å². The Hall–Kier alpha value is -1.32. The van der Waals surface area contributed by atoms with Crippen LogP contribution in [0.3, 0.4) is 0 Å². The van der Waals surface area contributed by atoms with Gasteiger partial charge in [-0.25, -0.2) is 9.59 Å². The summed E-state index contributed by atoms with van der Waals surface area (Å²) >= 11 is 0. The minimum atomic E-state index is -0.434. The number of carbonyl (C=O) groups excluding carboxylic acids is 2. The van der Waals surface area contributed by atoms with E-state index in [0.717, 1.165) is 19.3 Å². The third-order valence-corrected chi connectivity index (χ3v) is 3.52. The lowest BCUT2D eigenvalue weighted by Crippen LogP contribution is -2.18. The quantitative estimate of drug-likeness (QED) is 0.347. The summed E-state index contributed by atoms with van der Waals surface area (Å²) in [5, 5.41) is 0. The lowest BCUT2D eigenvalue weighted by Gasteiger charge is -2.15. The third kappa shape index (κ3) is 7.30. The molecule has 0 unspecified atom stereocenters. The standard InChI is InChI=1S/C17H30O4/c1-6-7-8-9-10-11-12-14(16(18)20-4)15(13(2)3)17(19)21-5/h13H,6-12H2,1-5H3. The fourth-order valence-corrected chi connectivity index (χ4v) is 2.37. The summed E-state index contributed by atoms with van der Waals surface area (Å²) in [7, 11) is 2.68. The van der Waals surface area contributed by atoms with Gasteiger partial charge < -0.3 is 9.47 Å². The van der Waals surface area contributed by atoms with Gasteiger partial charge in [-0.1, -0.05) is 52.9 Å². The summed E-state index contributed by atoms with van der Waals surface area (Å²) < 4.78 is 9.63. The van der Waals surface area contributed by atoms with E-state index >= 15 is 0 Å². The van der Waals surface area contributed by atoms with E-state index in [-0.39, 0.29) is 5.92 Å². The summed E-state index contributed by atoms with van der Waals surface area (Å²) in [6.45, 7) is 5.95. The normalized spacial score (nSPS) is 12.1. The highest BCUT2D eigenvalue weighted by molar-refractivity contribution is 6.00. The van der Waals surface area contributed by atoms with Gasteiger partial charge >= 0.3 is 11.9 Å². The summed E-state index contributed by atoms with van der Waals surface area (Å²) in [4.78, 5) is 23.9. The van der Waals surface area contributed by atoms with Gasteiger partial charge in [-0.15, -0.1) is 0 Å². The average Bonchev–Trinajstić information content (AvgIpc) is 2.47. The largest absolute Gasteiger partial charge is 0.466 e. The number of carbonyl (C=O) groups is 2. The summed E-state index contributed by atoms with van der Waals surface area (Å²) in [6.07, 6.45) is 7.38. The van der Waals surface area contributed by atoms with E-state index in [0.29, 0.717) is 17.6 Å². The van der Waals surface area contributed by atoms with Crippen molar-refractivity contribution in [2.24, 2.45) is 5.92 Å². The maximum absolute atomic E-state index is 12.0. The summed E-state index contributed by atoms with van der Waals surface area (Å²) in [5.74, 6) is -0.916. The van der Waals surface area contributed by atoms with Crippen molar-refractivity contribution in [3.05, 3.63) is 11.1 Å². The molecule has 0 rings (SSSR count). The molecule has 0 saturated carbocycles. The first-order valence-electron chi connectivity index (χ1n) is 7.89. The van der Waals surface area contributed by atoms with Crippen LogP contribution < -0.4 is 0 Å². The van der Waals surface area contributed by atoms with Crippen LogP contribution in [0.5, 0.6) is 0 Å². The minimum absolute atomic E-state index is 0.0633. The van der Waals surface area contributed by atoms with E-state index < -0.39 is 11.9 Å². The molecule has 4 heteroatoms. The second-order valence-electron chi connectivity index (χ2n) is 5.55. The van der Waals surface area contributed by atoms with Crippen LogP contribution in [0.15, 0.2) is 11.1 Å². The average molecular weight is 298 g/mol. The number of rotatable bonds is 10. The van der Waals surface area contributed by atoms with Crippen LogP contribution in [0.2, 0.25) is 0 Å². The van der Waals surface area contributed by atoms with Gasteiger partial charge in [0.2, 0.25) is 0 Å².